The number of rotatable bonds is 20. The summed E-state index contributed by atoms with van der Waals surface area (Å²) in [5, 5.41) is 3.55. The van der Waals surface area contributed by atoms with Crippen LogP contribution in [0.25, 0.3) is 0 Å². The lowest BCUT2D eigenvalue weighted by Crippen LogP contribution is -2.16. The second kappa shape index (κ2) is 21.9. The molecule has 140 valence electrons. The second-order valence-corrected chi connectivity index (χ2v) is 7.20. The summed E-state index contributed by atoms with van der Waals surface area (Å²) >= 11 is 0. The smallest absolute Gasteiger partial charge is 0.00489 e. The van der Waals surface area contributed by atoms with Gasteiger partial charge in [0, 0.05) is 0 Å². The first kappa shape index (κ1) is 22.9. The van der Waals surface area contributed by atoms with Crippen LogP contribution in [0.4, 0.5) is 0 Å². The topological polar surface area (TPSA) is 38.0 Å². The third-order valence-corrected chi connectivity index (χ3v) is 4.76. The van der Waals surface area contributed by atoms with Gasteiger partial charge in [-0.1, -0.05) is 96.8 Å². The van der Waals surface area contributed by atoms with Crippen LogP contribution < -0.4 is 11.1 Å². The minimum Gasteiger partial charge on any atom is -0.330 e. The van der Waals surface area contributed by atoms with E-state index >= 15 is 0 Å². The molecule has 0 saturated heterocycles. The Balaban J connectivity index is 2.92. The zero-order valence-electron chi connectivity index (χ0n) is 16.2. The quantitative estimate of drug-likeness (QED) is 0.262. The Morgan fingerprint density at radius 1 is 0.478 bits per heavy atom. The molecule has 0 heterocycles. The molecular weight excluding hydrogens is 280 g/mol. The molecule has 0 aliphatic heterocycles. The van der Waals surface area contributed by atoms with E-state index in [4.69, 9.17) is 5.73 Å². The zero-order valence-corrected chi connectivity index (χ0v) is 16.2. The van der Waals surface area contributed by atoms with Crippen LogP contribution in [0.15, 0.2) is 0 Å². The molecule has 0 radical (unpaired) electrons. The lowest BCUT2D eigenvalue weighted by Gasteiger charge is -2.05. The van der Waals surface area contributed by atoms with Gasteiger partial charge in [0.15, 0.2) is 0 Å². The van der Waals surface area contributed by atoms with Crippen molar-refractivity contribution in [1.29, 1.82) is 0 Å². The van der Waals surface area contributed by atoms with Gasteiger partial charge in [-0.15, -0.1) is 0 Å². The van der Waals surface area contributed by atoms with Crippen LogP contribution in [0.1, 0.15) is 116 Å². The predicted molar refractivity (Wildman–Crippen MR) is 106 cm³/mol. The molecule has 0 atom stereocenters. The maximum atomic E-state index is 5.48. The van der Waals surface area contributed by atoms with Crippen molar-refractivity contribution in [3.05, 3.63) is 0 Å². The van der Waals surface area contributed by atoms with E-state index in [9.17, 15) is 0 Å². The van der Waals surface area contributed by atoms with Crippen LogP contribution in [-0.2, 0) is 0 Å². The first-order valence-corrected chi connectivity index (χ1v) is 10.8. The summed E-state index contributed by atoms with van der Waals surface area (Å²) in [4.78, 5) is 0. The summed E-state index contributed by atoms with van der Waals surface area (Å²) in [6.07, 6.45) is 23.9. The fourth-order valence-corrected chi connectivity index (χ4v) is 3.14. The zero-order chi connectivity index (χ0) is 16.8. The third kappa shape index (κ3) is 21.9. The number of unbranched alkanes of at least 4 members (excludes halogenated alkanes) is 15. The molecule has 3 N–H and O–H groups in total. The Kier molecular flexibility index (Phi) is 21.8. The Morgan fingerprint density at radius 2 is 0.826 bits per heavy atom. The van der Waals surface area contributed by atoms with Crippen molar-refractivity contribution in [2.24, 2.45) is 5.73 Å². The van der Waals surface area contributed by atoms with Gasteiger partial charge in [0.05, 0.1) is 0 Å². The average molecular weight is 327 g/mol. The van der Waals surface area contributed by atoms with E-state index in [1.807, 2.05) is 0 Å². The van der Waals surface area contributed by atoms with Crippen molar-refractivity contribution >= 4 is 0 Å². The molecule has 0 amide bonds. The second-order valence-electron chi connectivity index (χ2n) is 7.20. The Bertz CT molecular complexity index is 174. The normalized spacial score (nSPS) is 11.2. The highest BCUT2D eigenvalue weighted by molar-refractivity contribution is 4.52. The van der Waals surface area contributed by atoms with Crippen molar-refractivity contribution in [3.8, 4) is 0 Å². The average Bonchev–Trinajstić information content (AvgIpc) is 2.57. The standard InChI is InChI=1S/C21H46N2/c1-2-3-4-5-6-7-8-9-10-11-12-13-14-17-20-23-21-18-15-16-19-22/h23H,2-22H2,1H3. The molecule has 0 aromatic heterocycles. The first-order valence-electron chi connectivity index (χ1n) is 10.8. The van der Waals surface area contributed by atoms with Crippen LogP contribution >= 0.6 is 0 Å². The molecule has 2 heteroatoms. The van der Waals surface area contributed by atoms with Gasteiger partial charge in [-0.05, 0) is 38.9 Å². The molecule has 23 heavy (non-hydrogen) atoms. The molecule has 0 fully saturated rings. The van der Waals surface area contributed by atoms with Gasteiger partial charge in [-0.3, -0.25) is 0 Å². The van der Waals surface area contributed by atoms with Crippen LogP contribution in [0.5, 0.6) is 0 Å². The predicted octanol–water partition coefficient (Wildman–Crippen LogP) is 6.19. The number of nitrogens with one attached hydrogen (secondary N) is 1. The molecule has 0 aromatic carbocycles. The van der Waals surface area contributed by atoms with Crippen LogP contribution in [-0.4, -0.2) is 19.6 Å². The van der Waals surface area contributed by atoms with E-state index in [1.54, 1.807) is 0 Å². The van der Waals surface area contributed by atoms with E-state index in [0.29, 0.717) is 0 Å². The lowest BCUT2D eigenvalue weighted by atomic mass is 10.0. The molecule has 0 saturated carbocycles. The van der Waals surface area contributed by atoms with Crippen LogP contribution in [0.2, 0.25) is 0 Å². The highest BCUT2D eigenvalue weighted by atomic mass is 14.8. The Hall–Kier alpha value is -0.0800. The SMILES string of the molecule is CCCCCCCCCCCCCCCCNCCCCCN. The molecule has 0 spiro atoms. The third-order valence-electron chi connectivity index (χ3n) is 4.76. The monoisotopic (exact) mass is 326 g/mol. The van der Waals surface area contributed by atoms with Gasteiger partial charge < -0.3 is 11.1 Å². The Labute approximate surface area is 147 Å². The number of hydrogen-bond acceptors (Lipinski definition) is 2. The van der Waals surface area contributed by atoms with Crippen molar-refractivity contribution in [2.75, 3.05) is 19.6 Å². The maximum Gasteiger partial charge on any atom is -0.00489 e. The van der Waals surface area contributed by atoms with Gasteiger partial charge >= 0.3 is 0 Å². The minimum absolute atomic E-state index is 0.846. The van der Waals surface area contributed by atoms with Gasteiger partial charge in [-0.25, -0.2) is 0 Å². The van der Waals surface area contributed by atoms with Crippen molar-refractivity contribution in [1.82, 2.24) is 5.32 Å². The van der Waals surface area contributed by atoms with Crippen molar-refractivity contribution < 1.29 is 0 Å². The van der Waals surface area contributed by atoms with Crippen molar-refractivity contribution in [2.45, 2.75) is 116 Å². The van der Waals surface area contributed by atoms with Gasteiger partial charge in [0.25, 0.3) is 0 Å². The minimum atomic E-state index is 0.846. The fourth-order valence-electron chi connectivity index (χ4n) is 3.14. The molecule has 0 rings (SSSR count). The molecule has 0 aromatic rings. The lowest BCUT2D eigenvalue weighted by molar-refractivity contribution is 0.526. The maximum absolute atomic E-state index is 5.48. The molecule has 0 aliphatic rings. The molecule has 0 unspecified atom stereocenters. The van der Waals surface area contributed by atoms with E-state index in [2.05, 4.69) is 12.2 Å². The largest absolute Gasteiger partial charge is 0.330 e. The summed E-state index contributed by atoms with van der Waals surface area (Å²) < 4.78 is 0. The van der Waals surface area contributed by atoms with Gasteiger partial charge in [-0.2, -0.15) is 0 Å². The highest BCUT2D eigenvalue weighted by Gasteiger charge is 1.94. The van der Waals surface area contributed by atoms with Crippen LogP contribution in [0.3, 0.4) is 0 Å². The molecule has 0 aliphatic carbocycles. The molecule has 0 bridgehead atoms. The van der Waals surface area contributed by atoms with E-state index in [0.717, 1.165) is 6.54 Å². The van der Waals surface area contributed by atoms with Crippen LogP contribution in [0, 0.1) is 0 Å². The van der Waals surface area contributed by atoms with E-state index < -0.39 is 0 Å². The number of nitrogens with two attached hydrogens (primary N) is 1. The summed E-state index contributed by atoms with van der Waals surface area (Å²) in [5.41, 5.74) is 5.48. The van der Waals surface area contributed by atoms with E-state index in [1.165, 1.54) is 122 Å². The first-order chi connectivity index (χ1) is 11.4. The summed E-state index contributed by atoms with van der Waals surface area (Å²) in [7, 11) is 0. The summed E-state index contributed by atoms with van der Waals surface area (Å²) in [6, 6.07) is 0. The van der Waals surface area contributed by atoms with Gasteiger partial charge in [0.2, 0.25) is 0 Å². The van der Waals surface area contributed by atoms with E-state index in [-0.39, 0.29) is 0 Å². The Morgan fingerprint density at radius 3 is 1.22 bits per heavy atom. The summed E-state index contributed by atoms with van der Waals surface area (Å²) in [6.45, 7) is 5.53. The van der Waals surface area contributed by atoms with Gasteiger partial charge in [0.1, 0.15) is 0 Å². The highest BCUT2D eigenvalue weighted by Crippen LogP contribution is 2.12. The molecule has 2 nitrogen and oxygen atoms in total. The number of hydrogen-bond donors (Lipinski definition) is 2. The fraction of sp³-hybridized carbons (Fsp3) is 1.00. The summed E-state index contributed by atoms with van der Waals surface area (Å²) in [5.74, 6) is 0. The van der Waals surface area contributed by atoms with Crippen molar-refractivity contribution in [3.63, 3.8) is 0 Å². The molecular formula is C21H46N2.